The Kier molecular flexibility index (Phi) is 31.5. The highest BCUT2D eigenvalue weighted by Crippen LogP contribution is 2.13. The third-order valence-electron chi connectivity index (χ3n) is 8.87. The number of carbonyl (C=O) groups is 3. The average Bonchev–Trinajstić information content (AvgIpc) is 3.05. The normalized spacial score (nSPS) is 13.2. The standard InChI is InChI=1S/C41H75NO7/c1-6-8-10-12-14-15-16-17-18-19-20-21-22-23-24-26-28-30-32-40(44)49-37(35-47-34-33-38(41(45)46)42(3,4)5)36-48-39(43)31-29-27-25-13-11-9-7-2/h18-21,37-38H,6-17,22-36H2,1-5H3/b19-18+,21-20+. The van der Waals surface area contributed by atoms with Crippen molar-refractivity contribution in [2.75, 3.05) is 41.0 Å². The third kappa shape index (κ3) is 31.5. The van der Waals surface area contributed by atoms with Gasteiger partial charge in [-0.05, 0) is 38.5 Å². The molecule has 49 heavy (non-hydrogen) atoms. The summed E-state index contributed by atoms with van der Waals surface area (Å²) in [4.78, 5) is 36.5. The van der Waals surface area contributed by atoms with Crippen molar-refractivity contribution in [1.82, 2.24) is 0 Å². The molecule has 0 fully saturated rings. The van der Waals surface area contributed by atoms with E-state index in [0.717, 1.165) is 57.8 Å². The number of carbonyl (C=O) groups excluding carboxylic acids is 3. The molecule has 0 amide bonds. The number of aliphatic carboxylic acids is 1. The molecule has 0 saturated carbocycles. The monoisotopic (exact) mass is 694 g/mol. The molecular formula is C41H75NO7. The first-order valence-electron chi connectivity index (χ1n) is 19.9. The lowest BCUT2D eigenvalue weighted by Gasteiger charge is -2.34. The number of nitrogens with zero attached hydrogens (tertiary/aromatic N) is 1. The summed E-state index contributed by atoms with van der Waals surface area (Å²) in [5, 5.41) is 11.6. The van der Waals surface area contributed by atoms with Crippen molar-refractivity contribution in [1.29, 1.82) is 0 Å². The van der Waals surface area contributed by atoms with Crippen molar-refractivity contribution < 1.29 is 38.2 Å². The Balaban J connectivity index is 4.34. The predicted molar refractivity (Wildman–Crippen MR) is 199 cm³/mol. The van der Waals surface area contributed by atoms with Gasteiger partial charge >= 0.3 is 11.9 Å². The van der Waals surface area contributed by atoms with Gasteiger partial charge < -0.3 is 28.6 Å². The number of rotatable bonds is 35. The summed E-state index contributed by atoms with van der Waals surface area (Å²) < 4.78 is 17.0. The first kappa shape index (κ1) is 46.8. The van der Waals surface area contributed by atoms with Crippen molar-refractivity contribution in [3.05, 3.63) is 24.3 Å². The number of quaternary nitrogens is 1. The van der Waals surface area contributed by atoms with Crippen LogP contribution < -0.4 is 5.11 Å². The van der Waals surface area contributed by atoms with Crippen molar-refractivity contribution in [2.45, 2.75) is 180 Å². The van der Waals surface area contributed by atoms with E-state index in [1.807, 2.05) is 0 Å². The van der Waals surface area contributed by atoms with E-state index in [1.165, 1.54) is 77.0 Å². The highest BCUT2D eigenvalue weighted by Gasteiger charge is 2.25. The summed E-state index contributed by atoms with van der Waals surface area (Å²) in [5.74, 6) is -1.76. The summed E-state index contributed by atoms with van der Waals surface area (Å²) in [6.07, 6.45) is 33.6. The number of esters is 2. The molecular weight excluding hydrogens is 618 g/mol. The van der Waals surface area contributed by atoms with Crippen molar-refractivity contribution in [2.24, 2.45) is 0 Å². The van der Waals surface area contributed by atoms with Gasteiger partial charge in [-0.2, -0.15) is 0 Å². The molecule has 0 spiro atoms. The van der Waals surface area contributed by atoms with Gasteiger partial charge in [0.2, 0.25) is 0 Å². The fourth-order valence-corrected chi connectivity index (χ4v) is 5.71. The second-order valence-electron chi connectivity index (χ2n) is 14.6. The molecule has 0 aliphatic heterocycles. The van der Waals surface area contributed by atoms with Crippen LogP contribution in [0.3, 0.4) is 0 Å². The minimum absolute atomic E-state index is 0.0369. The largest absolute Gasteiger partial charge is 0.544 e. The molecule has 0 rings (SSSR count). The van der Waals surface area contributed by atoms with Gasteiger partial charge in [-0.25, -0.2) is 0 Å². The van der Waals surface area contributed by atoms with Gasteiger partial charge in [0.1, 0.15) is 12.6 Å². The fraction of sp³-hybridized carbons (Fsp3) is 0.829. The van der Waals surface area contributed by atoms with Crippen LogP contribution in [0.4, 0.5) is 0 Å². The zero-order valence-corrected chi connectivity index (χ0v) is 32.4. The van der Waals surface area contributed by atoms with Gasteiger partial charge in [0.15, 0.2) is 6.10 Å². The lowest BCUT2D eigenvalue weighted by Crippen LogP contribution is -2.55. The molecule has 0 aromatic heterocycles. The van der Waals surface area contributed by atoms with Crippen LogP contribution in [0.25, 0.3) is 0 Å². The number of unbranched alkanes of at least 4 members (excludes halogenated alkanes) is 18. The van der Waals surface area contributed by atoms with E-state index < -0.39 is 18.1 Å². The Labute approximate surface area is 301 Å². The molecule has 0 saturated heterocycles. The molecule has 0 aliphatic carbocycles. The van der Waals surface area contributed by atoms with Crippen molar-refractivity contribution >= 4 is 17.9 Å². The maximum Gasteiger partial charge on any atom is 0.306 e. The van der Waals surface area contributed by atoms with E-state index in [-0.39, 0.29) is 42.7 Å². The Hall–Kier alpha value is -2.19. The fourth-order valence-electron chi connectivity index (χ4n) is 5.71. The molecule has 286 valence electrons. The van der Waals surface area contributed by atoms with Gasteiger partial charge in [0.05, 0.1) is 40.3 Å². The van der Waals surface area contributed by atoms with E-state index >= 15 is 0 Å². The highest BCUT2D eigenvalue weighted by atomic mass is 16.6. The van der Waals surface area contributed by atoms with Crippen LogP contribution in [0.2, 0.25) is 0 Å². The third-order valence-corrected chi connectivity index (χ3v) is 8.87. The SMILES string of the molecule is CCCCCCCCC/C=C/C=C/CCCCCCCC(=O)OC(COCCC(C(=O)[O-])[N+](C)(C)C)COC(=O)CCCCCCCCC. The van der Waals surface area contributed by atoms with Crippen LogP contribution in [0.5, 0.6) is 0 Å². The number of likely N-dealkylation sites (N-methyl/N-ethyl adjacent to an activating group) is 1. The van der Waals surface area contributed by atoms with Gasteiger partial charge in [-0.1, -0.05) is 134 Å². The van der Waals surface area contributed by atoms with E-state index in [9.17, 15) is 19.5 Å². The molecule has 8 nitrogen and oxygen atoms in total. The molecule has 8 heteroatoms. The van der Waals surface area contributed by atoms with Crippen LogP contribution in [0, 0.1) is 0 Å². The van der Waals surface area contributed by atoms with Crippen LogP contribution in [0.1, 0.15) is 168 Å². The molecule has 0 bridgehead atoms. The summed E-state index contributed by atoms with van der Waals surface area (Å²) >= 11 is 0. The van der Waals surface area contributed by atoms with Crippen molar-refractivity contribution in [3.63, 3.8) is 0 Å². The molecule has 2 atom stereocenters. The Morgan fingerprint density at radius 3 is 1.53 bits per heavy atom. The first-order valence-corrected chi connectivity index (χ1v) is 19.9. The van der Waals surface area contributed by atoms with E-state index in [2.05, 4.69) is 38.2 Å². The zero-order valence-electron chi connectivity index (χ0n) is 32.4. The molecule has 0 radical (unpaired) electrons. The maximum absolute atomic E-state index is 12.6. The Bertz CT molecular complexity index is 864. The maximum atomic E-state index is 12.6. The summed E-state index contributed by atoms with van der Waals surface area (Å²) in [5.41, 5.74) is 0. The van der Waals surface area contributed by atoms with Crippen molar-refractivity contribution in [3.8, 4) is 0 Å². The molecule has 0 aliphatic rings. The van der Waals surface area contributed by atoms with E-state index in [0.29, 0.717) is 12.8 Å². The minimum Gasteiger partial charge on any atom is -0.544 e. The van der Waals surface area contributed by atoms with E-state index in [1.54, 1.807) is 21.1 Å². The van der Waals surface area contributed by atoms with Gasteiger partial charge in [0.25, 0.3) is 0 Å². The Morgan fingerprint density at radius 1 is 0.612 bits per heavy atom. The van der Waals surface area contributed by atoms with Crippen LogP contribution in [0.15, 0.2) is 24.3 Å². The lowest BCUT2D eigenvalue weighted by atomic mass is 10.1. The lowest BCUT2D eigenvalue weighted by molar-refractivity contribution is -0.889. The average molecular weight is 694 g/mol. The summed E-state index contributed by atoms with van der Waals surface area (Å²) in [6, 6.07) is -0.724. The number of carboxylic acid groups (broad SMARTS) is 1. The van der Waals surface area contributed by atoms with Gasteiger partial charge in [-0.3, -0.25) is 9.59 Å². The summed E-state index contributed by atoms with van der Waals surface area (Å²) in [7, 11) is 5.39. The minimum atomic E-state index is -1.13. The smallest absolute Gasteiger partial charge is 0.306 e. The molecule has 0 aromatic carbocycles. The van der Waals surface area contributed by atoms with Gasteiger partial charge in [-0.15, -0.1) is 0 Å². The van der Waals surface area contributed by atoms with Crippen LogP contribution >= 0.6 is 0 Å². The zero-order chi connectivity index (χ0) is 36.4. The molecule has 0 heterocycles. The number of hydrogen-bond donors (Lipinski definition) is 0. The highest BCUT2D eigenvalue weighted by molar-refractivity contribution is 5.70. The van der Waals surface area contributed by atoms with Crippen LogP contribution in [-0.2, 0) is 28.6 Å². The quantitative estimate of drug-likeness (QED) is 0.0283. The Morgan fingerprint density at radius 2 is 1.06 bits per heavy atom. The summed E-state index contributed by atoms with van der Waals surface area (Å²) in [6.45, 7) is 4.59. The molecule has 0 N–H and O–H groups in total. The van der Waals surface area contributed by atoms with Crippen LogP contribution in [-0.4, -0.2) is 75.5 Å². The second-order valence-corrected chi connectivity index (χ2v) is 14.6. The number of carboxylic acids is 1. The van der Waals surface area contributed by atoms with Gasteiger partial charge in [0, 0.05) is 19.3 Å². The number of allylic oxidation sites excluding steroid dienone is 4. The number of ether oxygens (including phenoxy) is 3. The molecule has 0 aromatic rings. The predicted octanol–water partition coefficient (Wildman–Crippen LogP) is 8.80. The topological polar surface area (TPSA) is 102 Å². The van der Waals surface area contributed by atoms with E-state index in [4.69, 9.17) is 14.2 Å². The first-order chi connectivity index (χ1) is 23.6. The number of hydrogen-bond acceptors (Lipinski definition) is 7. The molecule has 2 unspecified atom stereocenters. The second kappa shape index (κ2) is 33.0.